The van der Waals surface area contributed by atoms with E-state index in [1.807, 2.05) is 73.6 Å². The van der Waals surface area contributed by atoms with Gasteiger partial charge in [0.2, 0.25) is 5.91 Å². The molecule has 1 N–H and O–H groups in total. The molecule has 3 heterocycles. The molecule has 3 atom stereocenters. The summed E-state index contributed by atoms with van der Waals surface area (Å²) >= 11 is 3.49. The molecule has 2 aromatic rings. The molecule has 0 aromatic heterocycles. The summed E-state index contributed by atoms with van der Waals surface area (Å²) in [5.74, 6) is 1.28. The van der Waals surface area contributed by atoms with Gasteiger partial charge in [0.1, 0.15) is 5.54 Å². The summed E-state index contributed by atoms with van der Waals surface area (Å²) in [5.41, 5.74) is 1.76. The SMILES string of the molecule is CSc1cccc(NC(=O)[C@@H]2C[C@H]3CSCN3[C@@]23C(=O)N(C)c2ccccc23)c1. The van der Waals surface area contributed by atoms with E-state index in [2.05, 4.69) is 10.2 Å². The van der Waals surface area contributed by atoms with Crippen LogP contribution in [0.3, 0.4) is 0 Å². The summed E-state index contributed by atoms with van der Waals surface area (Å²) < 4.78 is 0. The first-order valence-corrected chi connectivity index (χ1v) is 12.1. The first-order valence-electron chi connectivity index (χ1n) is 9.74. The lowest BCUT2D eigenvalue weighted by molar-refractivity contribution is -0.136. The number of amides is 2. The molecule has 5 rings (SSSR count). The molecule has 3 aliphatic heterocycles. The Morgan fingerprint density at radius 1 is 1.24 bits per heavy atom. The molecule has 1 spiro atoms. The first-order chi connectivity index (χ1) is 14.1. The van der Waals surface area contributed by atoms with Gasteiger partial charge in [0.05, 0.1) is 5.92 Å². The molecule has 2 saturated heterocycles. The van der Waals surface area contributed by atoms with Gasteiger partial charge in [0, 0.05) is 46.6 Å². The second kappa shape index (κ2) is 7.07. The van der Waals surface area contributed by atoms with Crippen LogP contribution in [-0.4, -0.2) is 47.7 Å². The largest absolute Gasteiger partial charge is 0.326 e. The van der Waals surface area contributed by atoms with Crippen molar-refractivity contribution in [2.24, 2.45) is 5.92 Å². The van der Waals surface area contributed by atoms with E-state index in [0.717, 1.165) is 33.5 Å². The third kappa shape index (κ3) is 2.67. The number of anilines is 2. The zero-order valence-corrected chi connectivity index (χ0v) is 18.1. The molecule has 0 aliphatic carbocycles. The van der Waals surface area contributed by atoms with Crippen LogP contribution in [0.5, 0.6) is 0 Å². The average Bonchev–Trinajstić information content (AvgIpc) is 3.38. The summed E-state index contributed by atoms with van der Waals surface area (Å²) in [6, 6.07) is 16.0. The van der Waals surface area contributed by atoms with Crippen LogP contribution in [0.15, 0.2) is 53.4 Å². The van der Waals surface area contributed by atoms with Crippen molar-refractivity contribution in [3.63, 3.8) is 0 Å². The minimum absolute atomic E-state index is 0.0155. The number of benzene rings is 2. The number of thioether (sulfide) groups is 2. The van der Waals surface area contributed by atoms with Crippen LogP contribution >= 0.6 is 23.5 Å². The summed E-state index contributed by atoms with van der Waals surface area (Å²) in [6.45, 7) is 0. The molecule has 3 aliphatic rings. The zero-order valence-electron chi connectivity index (χ0n) is 16.4. The predicted octanol–water partition coefficient (Wildman–Crippen LogP) is 3.61. The Morgan fingerprint density at radius 3 is 2.90 bits per heavy atom. The lowest BCUT2D eigenvalue weighted by Gasteiger charge is -2.36. The molecule has 0 bridgehead atoms. The van der Waals surface area contributed by atoms with Gasteiger partial charge >= 0.3 is 0 Å². The van der Waals surface area contributed by atoms with Crippen LogP contribution in [0.4, 0.5) is 11.4 Å². The second-order valence-electron chi connectivity index (χ2n) is 7.78. The number of nitrogens with zero attached hydrogens (tertiary/aromatic N) is 2. The van der Waals surface area contributed by atoms with Crippen molar-refractivity contribution < 1.29 is 9.59 Å². The van der Waals surface area contributed by atoms with Crippen molar-refractivity contribution in [2.45, 2.75) is 22.9 Å². The van der Waals surface area contributed by atoms with Crippen molar-refractivity contribution >= 4 is 46.7 Å². The molecule has 2 fully saturated rings. The third-order valence-electron chi connectivity index (χ3n) is 6.41. The van der Waals surface area contributed by atoms with E-state index >= 15 is 0 Å². The number of carbonyl (C=O) groups excluding carboxylic acids is 2. The number of hydrogen-bond acceptors (Lipinski definition) is 5. The highest BCUT2D eigenvalue weighted by Crippen LogP contribution is 2.57. The normalized spacial score (nSPS) is 28.1. The Balaban J connectivity index is 1.57. The van der Waals surface area contributed by atoms with Crippen LogP contribution in [-0.2, 0) is 15.1 Å². The standard InChI is InChI=1S/C22H23N3O2S2/c1-24-19-9-4-3-8-17(19)22(21(24)27)18(11-15-12-29-13-25(15)22)20(26)23-14-6-5-7-16(10-14)28-2/h3-10,15,18H,11-13H2,1-2H3,(H,23,26)/t15-,18-,22+/m0/s1. The minimum Gasteiger partial charge on any atom is -0.326 e. The maximum atomic E-state index is 13.7. The summed E-state index contributed by atoms with van der Waals surface area (Å²) in [5, 5.41) is 3.11. The van der Waals surface area contributed by atoms with Gasteiger partial charge in [-0.05, 0) is 36.9 Å². The van der Waals surface area contributed by atoms with Crippen LogP contribution < -0.4 is 10.2 Å². The molecule has 2 amide bonds. The van der Waals surface area contributed by atoms with E-state index in [1.54, 1.807) is 16.7 Å². The van der Waals surface area contributed by atoms with Crippen molar-refractivity contribution in [1.82, 2.24) is 4.90 Å². The average molecular weight is 426 g/mol. The van der Waals surface area contributed by atoms with Crippen LogP contribution in [0, 0.1) is 5.92 Å². The highest BCUT2D eigenvalue weighted by atomic mass is 32.2. The maximum absolute atomic E-state index is 13.7. The molecule has 2 aromatic carbocycles. The van der Waals surface area contributed by atoms with Crippen molar-refractivity contribution in [3.05, 3.63) is 54.1 Å². The molecule has 0 saturated carbocycles. The lowest BCUT2D eigenvalue weighted by Crippen LogP contribution is -2.54. The Kier molecular flexibility index (Phi) is 4.64. The van der Waals surface area contributed by atoms with Gasteiger partial charge in [0.15, 0.2) is 0 Å². The Bertz CT molecular complexity index is 998. The number of hydrogen-bond donors (Lipinski definition) is 1. The number of para-hydroxylation sites is 1. The minimum atomic E-state index is -0.902. The Hall–Kier alpha value is -1.96. The molecule has 5 nitrogen and oxygen atoms in total. The number of carbonyl (C=O) groups is 2. The van der Waals surface area contributed by atoms with Crippen molar-refractivity contribution in [2.75, 3.05) is 35.1 Å². The number of nitrogens with one attached hydrogen (secondary N) is 1. The van der Waals surface area contributed by atoms with E-state index in [9.17, 15) is 9.59 Å². The topological polar surface area (TPSA) is 52.7 Å². The lowest BCUT2D eigenvalue weighted by atomic mass is 9.79. The quantitative estimate of drug-likeness (QED) is 0.762. The molecule has 7 heteroatoms. The monoisotopic (exact) mass is 425 g/mol. The number of fused-ring (bicyclic) bond motifs is 4. The molecule has 0 unspecified atom stereocenters. The summed E-state index contributed by atoms with van der Waals surface area (Å²) in [7, 11) is 1.82. The smallest absolute Gasteiger partial charge is 0.252 e. The maximum Gasteiger partial charge on any atom is 0.252 e. The van der Waals surface area contributed by atoms with E-state index in [0.29, 0.717) is 6.42 Å². The van der Waals surface area contributed by atoms with Crippen molar-refractivity contribution in [3.8, 4) is 0 Å². The molecule has 0 radical (unpaired) electrons. The van der Waals surface area contributed by atoms with Gasteiger partial charge in [-0.3, -0.25) is 14.5 Å². The first kappa shape index (κ1) is 19.0. The third-order valence-corrected chi connectivity index (χ3v) is 8.21. The van der Waals surface area contributed by atoms with Gasteiger partial charge < -0.3 is 10.2 Å². The fourth-order valence-corrected chi connectivity index (χ4v) is 6.88. The van der Waals surface area contributed by atoms with Gasteiger partial charge in [-0.1, -0.05) is 24.3 Å². The molecular weight excluding hydrogens is 402 g/mol. The number of rotatable bonds is 3. The summed E-state index contributed by atoms with van der Waals surface area (Å²) in [6.07, 6.45) is 2.72. The van der Waals surface area contributed by atoms with Crippen molar-refractivity contribution in [1.29, 1.82) is 0 Å². The Labute approximate surface area is 179 Å². The van der Waals surface area contributed by atoms with E-state index in [4.69, 9.17) is 0 Å². The van der Waals surface area contributed by atoms with Crippen LogP contribution in [0.25, 0.3) is 0 Å². The fraction of sp³-hybridized carbons (Fsp3) is 0.364. The molecule has 29 heavy (non-hydrogen) atoms. The van der Waals surface area contributed by atoms with Gasteiger partial charge in [-0.25, -0.2) is 0 Å². The van der Waals surface area contributed by atoms with Gasteiger partial charge in [0.25, 0.3) is 5.91 Å². The zero-order chi connectivity index (χ0) is 20.2. The van der Waals surface area contributed by atoms with E-state index < -0.39 is 11.5 Å². The molecule has 150 valence electrons. The van der Waals surface area contributed by atoms with E-state index in [-0.39, 0.29) is 17.9 Å². The highest BCUT2D eigenvalue weighted by Gasteiger charge is 2.66. The van der Waals surface area contributed by atoms with Crippen LogP contribution in [0.2, 0.25) is 0 Å². The van der Waals surface area contributed by atoms with Gasteiger partial charge in [-0.15, -0.1) is 23.5 Å². The second-order valence-corrected chi connectivity index (χ2v) is 9.66. The number of likely N-dealkylation sites (N-methyl/N-ethyl adjacent to an activating group) is 1. The van der Waals surface area contributed by atoms with Crippen LogP contribution in [0.1, 0.15) is 12.0 Å². The fourth-order valence-electron chi connectivity index (χ4n) is 5.12. The highest BCUT2D eigenvalue weighted by molar-refractivity contribution is 7.99. The molecular formula is C22H23N3O2S2. The predicted molar refractivity (Wildman–Crippen MR) is 119 cm³/mol. The van der Waals surface area contributed by atoms with E-state index in [1.165, 1.54) is 0 Å². The van der Waals surface area contributed by atoms with Gasteiger partial charge in [-0.2, -0.15) is 0 Å². The summed E-state index contributed by atoms with van der Waals surface area (Å²) in [4.78, 5) is 32.3. The Morgan fingerprint density at radius 2 is 2.07 bits per heavy atom.